The second-order valence-corrected chi connectivity index (χ2v) is 9.60. The fourth-order valence-corrected chi connectivity index (χ4v) is 6.00. The molecule has 0 aromatic carbocycles. The van der Waals surface area contributed by atoms with E-state index in [1.54, 1.807) is 6.20 Å². The average molecular weight is 446 g/mol. The Balaban J connectivity index is 1.24. The first-order valence-electron chi connectivity index (χ1n) is 11.7. The zero-order chi connectivity index (χ0) is 21.8. The van der Waals surface area contributed by atoms with Crippen molar-refractivity contribution in [2.45, 2.75) is 56.7 Å². The number of halogens is 2. The van der Waals surface area contributed by atoms with Gasteiger partial charge in [0, 0.05) is 42.5 Å². The molecule has 0 bridgehead atoms. The standard InChI is InChI=1S/C23H29F2N5O2/c24-23(25)32-20-8-13(12-27-22(20)26)18-11-19(30(28-18)14-2-1-3-14)21-16-9-15(10-17(16)21)29-4-6-31-7-5-29/h8,11-12,14-17,21,23H,1-7,9-10H2,(H2,26,27)/t15-,16+,17-,21-. The Kier molecular flexibility index (Phi) is 5.06. The van der Waals surface area contributed by atoms with Crippen LogP contribution in [0.1, 0.15) is 49.8 Å². The zero-order valence-corrected chi connectivity index (χ0v) is 18.0. The minimum absolute atomic E-state index is 0.0430. The number of anilines is 1. The van der Waals surface area contributed by atoms with Crippen LogP contribution >= 0.6 is 0 Å². The van der Waals surface area contributed by atoms with Gasteiger partial charge in [0.2, 0.25) is 0 Å². The van der Waals surface area contributed by atoms with E-state index < -0.39 is 6.61 Å². The molecule has 4 fully saturated rings. The van der Waals surface area contributed by atoms with Crippen LogP contribution in [0.2, 0.25) is 0 Å². The van der Waals surface area contributed by atoms with Gasteiger partial charge in [0.1, 0.15) is 0 Å². The van der Waals surface area contributed by atoms with Crippen LogP contribution in [0.25, 0.3) is 11.3 Å². The van der Waals surface area contributed by atoms with Crippen molar-refractivity contribution in [1.82, 2.24) is 19.7 Å². The molecule has 1 saturated heterocycles. The average Bonchev–Trinajstić information content (AvgIpc) is 3.09. The quantitative estimate of drug-likeness (QED) is 0.731. The van der Waals surface area contributed by atoms with Gasteiger partial charge in [-0.25, -0.2) is 4.98 Å². The van der Waals surface area contributed by atoms with Crippen molar-refractivity contribution in [3.05, 3.63) is 24.0 Å². The molecular weight excluding hydrogens is 416 g/mol. The number of rotatable bonds is 6. The van der Waals surface area contributed by atoms with E-state index in [4.69, 9.17) is 15.6 Å². The van der Waals surface area contributed by atoms with Crippen molar-refractivity contribution in [2.75, 3.05) is 32.0 Å². The summed E-state index contributed by atoms with van der Waals surface area (Å²) in [7, 11) is 0. The molecule has 6 rings (SSSR count). The fraction of sp³-hybridized carbons (Fsp3) is 0.652. The molecule has 2 aromatic heterocycles. The Bertz CT molecular complexity index is 977. The Morgan fingerprint density at radius 2 is 1.84 bits per heavy atom. The van der Waals surface area contributed by atoms with Gasteiger partial charge in [-0.05, 0) is 56.1 Å². The van der Waals surface area contributed by atoms with E-state index in [0.717, 1.165) is 44.8 Å². The summed E-state index contributed by atoms with van der Waals surface area (Å²) in [5, 5.41) is 4.92. The van der Waals surface area contributed by atoms with Gasteiger partial charge in [0.15, 0.2) is 11.6 Å². The van der Waals surface area contributed by atoms with Crippen molar-refractivity contribution in [1.29, 1.82) is 0 Å². The molecule has 7 nitrogen and oxygen atoms in total. The SMILES string of the molecule is Nc1ncc(-c2cc([C@H]3[C@@H]4C[C@H](N5CCOCC5)C[C@@H]43)n(C3CCC3)n2)cc1OC(F)F. The summed E-state index contributed by atoms with van der Waals surface area (Å²) < 4.78 is 37.8. The second kappa shape index (κ2) is 7.95. The van der Waals surface area contributed by atoms with Crippen LogP contribution in [0, 0.1) is 11.8 Å². The van der Waals surface area contributed by atoms with E-state index in [0.29, 0.717) is 35.4 Å². The third kappa shape index (κ3) is 3.55. The van der Waals surface area contributed by atoms with Crippen LogP contribution in [0.3, 0.4) is 0 Å². The van der Waals surface area contributed by atoms with Gasteiger partial charge in [-0.1, -0.05) is 0 Å². The molecule has 0 radical (unpaired) electrons. The van der Waals surface area contributed by atoms with Gasteiger partial charge >= 0.3 is 6.61 Å². The molecule has 32 heavy (non-hydrogen) atoms. The van der Waals surface area contributed by atoms with E-state index in [9.17, 15) is 8.78 Å². The number of alkyl halides is 2. The fourth-order valence-electron chi connectivity index (χ4n) is 6.00. The summed E-state index contributed by atoms with van der Waals surface area (Å²) in [6, 6.07) is 4.78. The molecule has 2 aromatic rings. The summed E-state index contributed by atoms with van der Waals surface area (Å²) >= 11 is 0. The third-order valence-corrected chi connectivity index (χ3v) is 7.90. The molecule has 0 amide bonds. The highest BCUT2D eigenvalue weighted by atomic mass is 19.3. The molecule has 3 aliphatic carbocycles. The number of fused-ring (bicyclic) bond motifs is 1. The van der Waals surface area contributed by atoms with E-state index in [-0.39, 0.29) is 11.6 Å². The van der Waals surface area contributed by atoms with E-state index in [1.165, 1.54) is 31.0 Å². The summed E-state index contributed by atoms with van der Waals surface area (Å²) in [6.07, 6.45) is 7.60. The predicted octanol–water partition coefficient (Wildman–Crippen LogP) is 3.68. The van der Waals surface area contributed by atoms with Gasteiger partial charge in [-0.2, -0.15) is 13.9 Å². The molecular formula is C23H29F2N5O2. The Morgan fingerprint density at radius 1 is 1.09 bits per heavy atom. The predicted molar refractivity (Wildman–Crippen MR) is 115 cm³/mol. The smallest absolute Gasteiger partial charge is 0.387 e. The first-order chi connectivity index (χ1) is 15.6. The number of aromatic nitrogens is 3. The lowest BCUT2D eigenvalue weighted by Crippen LogP contribution is -2.43. The van der Waals surface area contributed by atoms with Crippen molar-refractivity contribution in [2.24, 2.45) is 11.8 Å². The Hall–Kier alpha value is -2.26. The molecule has 3 heterocycles. The highest BCUT2D eigenvalue weighted by Gasteiger charge is 2.58. The number of hydrogen-bond donors (Lipinski definition) is 1. The maximum atomic E-state index is 12.7. The molecule has 172 valence electrons. The molecule has 3 saturated carbocycles. The first kappa shape index (κ1) is 20.4. The lowest BCUT2D eigenvalue weighted by Gasteiger charge is -2.33. The lowest BCUT2D eigenvalue weighted by molar-refractivity contribution is -0.0494. The van der Waals surface area contributed by atoms with E-state index in [1.807, 2.05) is 0 Å². The molecule has 1 aliphatic heterocycles. The molecule has 0 spiro atoms. The van der Waals surface area contributed by atoms with E-state index >= 15 is 0 Å². The van der Waals surface area contributed by atoms with Crippen molar-refractivity contribution < 1.29 is 18.3 Å². The van der Waals surface area contributed by atoms with Crippen LogP contribution in [0.5, 0.6) is 5.75 Å². The van der Waals surface area contributed by atoms with Gasteiger partial charge in [-0.3, -0.25) is 9.58 Å². The zero-order valence-electron chi connectivity index (χ0n) is 18.0. The monoisotopic (exact) mass is 445 g/mol. The number of pyridine rings is 1. The molecule has 4 atom stereocenters. The summed E-state index contributed by atoms with van der Waals surface area (Å²) in [5.74, 6) is 1.84. The van der Waals surface area contributed by atoms with Crippen molar-refractivity contribution in [3.63, 3.8) is 0 Å². The minimum atomic E-state index is -2.94. The van der Waals surface area contributed by atoms with Crippen LogP contribution in [0.4, 0.5) is 14.6 Å². The van der Waals surface area contributed by atoms with Crippen LogP contribution < -0.4 is 10.5 Å². The number of nitrogens with two attached hydrogens (primary N) is 1. The molecule has 9 heteroatoms. The van der Waals surface area contributed by atoms with E-state index in [2.05, 4.69) is 25.4 Å². The summed E-state index contributed by atoms with van der Waals surface area (Å²) in [5.41, 5.74) is 8.43. The maximum Gasteiger partial charge on any atom is 0.387 e. The second-order valence-electron chi connectivity index (χ2n) is 9.60. The van der Waals surface area contributed by atoms with Gasteiger partial charge in [0.25, 0.3) is 0 Å². The molecule has 0 unspecified atom stereocenters. The summed E-state index contributed by atoms with van der Waals surface area (Å²) in [4.78, 5) is 6.66. The Morgan fingerprint density at radius 3 is 2.50 bits per heavy atom. The third-order valence-electron chi connectivity index (χ3n) is 7.90. The van der Waals surface area contributed by atoms with Crippen LogP contribution in [0.15, 0.2) is 18.3 Å². The lowest BCUT2D eigenvalue weighted by atomic mass is 9.92. The minimum Gasteiger partial charge on any atom is -0.431 e. The number of hydrogen-bond acceptors (Lipinski definition) is 6. The van der Waals surface area contributed by atoms with Crippen LogP contribution in [-0.2, 0) is 4.74 Å². The van der Waals surface area contributed by atoms with Crippen molar-refractivity contribution in [3.8, 4) is 17.0 Å². The molecule has 2 N–H and O–H groups in total. The topological polar surface area (TPSA) is 78.4 Å². The number of nitrogens with zero attached hydrogens (tertiary/aromatic N) is 4. The number of ether oxygens (including phenoxy) is 2. The molecule has 4 aliphatic rings. The van der Waals surface area contributed by atoms with Gasteiger partial charge < -0.3 is 15.2 Å². The van der Waals surface area contributed by atoms with Gasteiger partial charge in [-0.15, -0.1) is 0 Å². The number of morpholine rings is 1. The highest BCUT2D eigenvalue weighted by Crippen LogP contribution is 2.64. The largest absolute Gasteiger partial charge is 0.431 e. The first-order valence-corrected chi connectivity index (χ1v) is 11.7. The highest BCUT2D eigenvalue weighted by molar-refractivity contribution is 5.64. The van der Waals surface area contributed by atoms with Crippen LogP contribution in [-0.4, -0.2) is 58.6 Å². The van der Waals surface area contributed by atoms with Crippen molar-refractivity contribution >= 4 is 5.82 Å². The van der Waals surface area contributed by atoms with Gasteiger partial charge in [0.05, 0.1) is 24.9 Å². The number of nitrogen functional groups attached to an aromatic ring is 1. The normalized spacial score (nSPS) is 30.3. The Labute approximate surface area is 185 Å². The maximum absolute atomic E-state index is 12.7. The summed E-state index contributed by atoms with van der Waals surface area (Å²) in [6.45, 7) is 0.848.